The van der Waals surface area contributed by atoms with Crippen LogP contribution >= 0.6 is 0 Å². The lowest BCUT2D eigenvalue weighted by Crippen LogP contribution is -2.39. The predicted octanol–water partition coefficient (Wildman–Crippen LogP) is 1.51. The third kappa shape index (κ3) is 3.53. The summed E-state index contributed by atoms with van der Waals surface area (Å²) in [6.07, 6.45) is 4.63. The molecule has 31 heavy (non-hydrogen) atoms. The lowest BCUT2D eigenvalue weighted by molar-refractivity contribution is -0.121. The molecule has 1 amide bonds. The van der Waals surface area contributed by atoms with Crippen LogP contribution in [0, 0.1) is 12.8 Å². The lowest BCUT2D eigenvalue weighted by Gasteiger charge is -2.24. The fourth-order valence-corrected chi connectivity index (χ4v) is 6.16. The molecule has 3 atom stereocenters. The molecule has 2 fully saturated rings. The van der Waals surface area contributed by atoms with Crippen LogP contribution in [0.2, 0.25) is 0 Å². The summed E-state index contributed by atoms with van der Waals surface area (Å²) in [5.74, 6) is 0.953. The Morgan fingerprint density at radius 2 is 2.19 bits per heavy atom. The van der Waals surface area contributed by atoms with E-state index in [9.17, 15) is 13.2 Å². The van der Waals surface area contributed by atoms with E-state index in [-0.39, 0.29) is 24.3 Å². The first-order valence-electron chi connectivity index (χ1n) is 10.3. The van der Waals surface area contributed by atoms with Crippen LogP contribution in [0.1, 0.15) is 30.1 Å². The molecule has 9 nitrogen and oxygen atoms in total. The Morgan fingerprint density at radius 3 is 2.94 bits per heavy atom. The Hall–Kier alpha value is -2.72. The van der Waals surface area contributed by atoms with E-state index in [1.165, 1.54) is 10.6 Å². The molecular weight excluding hydrogens is 418 g/mol. The van der Waals surface area contributed by atoms with Gasteiger partial charge in [0.05, 0.1) is 18.1 Å². The highest BCUT2D eigenvalue weighted by atomic mass is 32.2. The van der Waals surface area contributed by atoms with Crippen LogP contribution < -0.4 is 5.32 Å². The maximum atomic E-state index is 12.8. The van der Waals surface area contributed by atoms with Crippen LogP contribution in [-0.4, -0.2) is 59.1 Å². The number of H-pyrrole nitrogens is 1. The molecule has 3 aromatic rings. The van der Waals surface area contributed by atoms with Crippen molar-refractivity contribution in [3.63, 3.8) is 0 Å². The highest BCUT2D eigenvalue weighted by Gasteiger charge is 2.58. The number of benzene rings is 1. The molecule has 1 saturated carbocycles. The number of amides is 1. The van der Waals surface area contributed by atoms with E-state index in [1.807, 2.05) is 30.5 Å². The number of nitrogens with one attached hydrogen (secondary N) is 2. The number of nitrogens with zero attached hydrogens (tertiary/aromatic N) is 3. The van der Waals surface area contributed by atoms with Crippen molar-refractivity contribution in [1.82, 2.24) is 24.7 Å². The number of hydrogen-bond donors (Lipinski definition) is 2. The first kappa shape index (κ1) is 20.2. The molecule has 0 spiro atoms. The van der Waals surface area contributed by atoms with Crippen molar-refractivity contribution in [2.24, 2.45) is 5.92 Å². The number of para-hydroxylation sites is 1. The second-order valence-corrected chi connectivity index (χ2v) is 10.8. The quantitative estimate of drug-likeness (QED) is 0.617. The van der Waals surface area contributed by atoms with E-state index in [1.54, 1.807) is 6.92 Å². The van der Waals surface area contributed by atoms with Crippen LogP contribution in [0.5, 0.6) is 0 Å². The average molecular weight is 444 g/mol. The van der Waals surface area contributed by atoms with Gasteiger partial charge >= 0.3 is 0 Å². The molecule has 1 aromatic carbocycles. The number of aromatic nitrogens is 3. The van der Waals surface area contributed by atoms with Crippen molar-refractivity contribution in [3.8, 4) is 0 Å². The predicted molar refractivity (Wildman–Crippen MR) is 114 cm³/mol. The molecule has 2 aromatic heterocycles. The van der Waals surface area contributed by atoms with Gasteiger partial charge < -0.3 is 14.8 Å². The number of hydrogen-bond acceptors (Lipinski definition) is 6. The van der Waals surface area contributed by atoms with E-state index < -0.39 is 15.4 Å². The molecular formula is C21H25N5O4S. The Bertz CT molecular complexity index is 1250. The summed E-state index contributed by atoms with van der Waals surface area (Å²) >= 11 is 0. The largest absolute Gasteiger partial charge is 0.361 e. The van der Waals surface area contributed by atoms with Crippen molar-refractivity contribution in [2.45, 2.75) is 37.6 Å². The molecule has 2 aliphatic rings. The van der Waals surface area contributed by atoms with Crippen LogP contribution in [0.15, 0.2) is 35.0 Å². The molecule has 0 radical (unpaired) electrons. The van der Waals surface area contributed by atoms with Gasteiger partial charge in [0.25, 0.3) is 0 Å². The maximum absolute atomic E-state index is 12.8. The number of carbonyl (C=O) groups excluding carboxylic acids is 1. The maximum Gasteiger partial charge on any atom is 0.234 e. The SMILES string of the molecule is Cc1noc([C@]23C[C@H](NC(=O)Cc4c[nH]c5ccccc45)C[C@H]2CN(S(C)(=O)=O)C3)n1. The fraction of sp³-hybridized carbons (Fsp3) is 0.476. The second kappa shape index (κ2) is 7.16. The summed E-state index contributed by atoms with van der Waals surface area (Å²) in [7, 11) is -3.33. The van der Waals surface area contributed by atoms with Crippen molar-refractivity contribution >= 4 is 26.8 Å². The number of rotatable bonds is 5. The standard InChI is InChI=1S/C21H25N5O4S/c1-13-23-20(30-25-13)21-9-16(8-15(21)11-26(12-21)31(2,28)29)24-19(27)7-14-10-22-18-6-4-3-5-17(14)18/h3-6,10,15-16,22H,7-9,11-12H2,1-2H3,(H,24,27)/t15-,16+,21-/m0/s1. The molecule has 2 N–H and O–H groups in total. The number of carbonyl (C=O) groups is 1. The lowest BCUT2D eigenvalue weighted by atomic mass is 9.80. The smallest absolute Gasteiger partial charge is 0.234 e. The normalized spacial score (nSPS) is 26.4. The molecule has 164 valence electrons. The zero-order valence-electron chi connectivity index (χ0n) is 17.5. The molecule has 0 unspecified atom stereocenters. The van der Waals surface area contributed by atoms with Crippen LogP contribution in [-0.2, 0) is 26.7 Å². The number of fused-ring (bicyclic) bond motifs is 2. The van der Waals surface area contributed by atoms with Gasteiger partial charge in [0, 0.05) is 36.2 Å². The zero-order valence-corrected chi connectivity index (χ0v) is 18.3. The minimum absolute atomic E-state index is 0.0143. The molecule has 5 rings (SSSR count). The summed E-state index contributed by atoms with van der Waals surface area (Å²) < 4.78 is 31.3. The highest BCUT2D eigenvalue weighted by molar-refractivity contribution is 7.88. The Kier molecular flexibility index (Phi) is 4.67. The van der Waals surface area contributed by atoms with E-state index >= 15 is 0 Å². The van der Waals surface area contributed by atoms with E-state index in [0.29, 0.717) is 37.6 Å². The van der Waals surface area contributed by atoms with Crippen LogP contribution in [0.4, 0.5) is 0 Å². The highest BCUT2D eigenvalue weighted by Crippen LogP contribution is 2.50. The van der Waals surface area contributed by atoms with Crippen LogP contribution in [0.25, 0.3) is 10.9 Å². The minimum Gasteiger partial charge on any atom is -0.361 e. The molecule has 1 aliphatic carbocycles. The van der Waals surface area contributed by atoms with Gasteiger partial charge in [0.2, 0.25) is 21.8 Å². The summed E-state index contributed by atoms with van der Waals surface area (Å²) in [4.78, 5) is 20.4. The van der Waals surface area contributed by atoms with E-state index in [0.717, 1.165) is 16.5 Å². The van der Waals surface area contributed by atoms with Gasteiger partial charge in [-0.25, -0.2) is 12.7 Å². The topological polar surface area (TPSA) is 121 Å². The second-order valence-electron chi connectivity index (χ2n) is 8.80. The van der Waals surface area contributed by atoms with E-state index in [2.05, 4.69) is 20.4 Å². The van der Waals surface area contributed by atoms with Gasteiger partial charge in [-0.3, -0.25) is 4.79 Å². The van der Waals surface area contributed by atoms with Gasteiger partial charge in [-0.1, -0.05) is 23.4 Å². The third-order valence-corrected chi connectivity index (χ3v) is 7.87. The van der Waals surface area contributed by atoms with Crippen molar-refractivity contribution < 1.29 is 17.7 Å². The van der Waals surface area contributed by atoms with Gasteiger partial charge in [-0.15, -0.1) is 0 Å². The fourth-order valence-electron chi connectivity index (χ4n) is 5.25. The van der Waals surface area contributed by atoms with Crippen molar-refractivity contribution in [2.75, 3.05) is 19.3 Å². The monoisotopic (exact) mass is 443 g/mol. The van der Waals surface area contributed by atoms with Gasteiger partial charge in [0.15, 0.2) is 5.82 Å². The molecule has 1 saturated heterocycles. The van der Waals surface area contributed by atoms with E-state index in [4.69, 9.17) is 4.52 Å². The van der Waals surface area contributed by atoms with Gasteiger partial charge in [0.1, 0.15) is 0 Å². The van der Waals surface area contributed by atoms with Crippen LogP contribution in [0.3, 0.4) is 0 Å². The Balaban J connectivity index is 1.34. The van der Waals surface area contributed by atoms with Gasteiger partial charge in [-0.2, -0.15) is 4.98 Å². The number of aromatic amines is 1. The molecule has 1 aliphatic heterocycles. The first-order chi connectivity index (χ1) is 14.7. The minimum atomic E-state index is -3.33. The first-order valence-corrected chi connectivity index (χ1v) is 12.2. The van der Waals surface area contributed by atoms with Crippen molar-refractivity contribution in [1.29, 1.82) is 0 Å². The Morgan fingerprint density at radius 1 is 1.39 bits per heavy atom. The summed E-state index contributed by atoms with van der Waals surface area (Å²) in [5, 5.41) is 8.12. The third-order valence-electron chi connectivity index (χ3n) is 6.66. The number of sulfonamides is 1. The number of aryl methyl sites for hydroxylation is 1. The molecule has 10 heteroatoms. The Labute approximate surface area is 180 Å². The summed E-state index contributed by atoms with van der Waals surface area (Å²) in [6.45, 7) is 2.44. The summed E-state index contributed by atoms with van der Waals surface area (Å²) in [6, 6.07) is 7.83. The summed E-state index contributed by atoms with van der Waals surface area (Å²) in [5.41, 5.74) is 1.40. The average Bonchev–Trinajstić information content (AvgIpc) is 3.44. The van der Waals surface area contributed by atoms with Crippen molar-refractivity contribution in [3.05, 3.63) is 47.7 Å². The van der Waals surface area contributed by atoms with Gasteiger partial charge in [-0.05, 0) is 37.3 Å². The molecule has 0 bridgehead atoms. The molecule has 3 heterocycles. The zero-order chi connectivity index (χ0) is 21.8.